The molecule has 0 spiro atoms. The summed E-state index contributed by atoms with van der Waals surface area (Å²) in [6.07, 6.45) is 5.04. The van der Waals surface area contributed by atoms with E-state index in [1.54, 1.807) is 38.3 Å². The topological polar surface area (TPSA) is 71.5 Å². The average molecular weight is 530 g/mol. The van der Waals surface area contributed by atoms with E-state index >= 15 is 0 Å². The van der Waals surface area contributed by atoms with Crippen LogP contribution in [0, 0.1) is 19.7 Å². The van der Waals surface area contributed by atoms with Gasteiger partial charge in [0, 0.05) is 11.7 Å². The SMILES string of the molecule is COc1ccc([C@@H](C(=O)NC2CCCCC2)N(C(=O)c2sc(C)nc2C)c2ccc(F)c(Cl)c2)cc1. The van der Waals surface area contributed by atoms with E-state index in [0.717, 1.165) is 37.1 Å². The summed E-state index contributed by atoms with van der Waals surface area (Å²) < 4.78 is 19.4. The maximum Gasteiger partial charge on any atom is 0.271 e. The Morgan fingerprint density at radius 1 is 1.14 bits per heavy atom. The van der Waals surface area contributed by atoms with Gasteiger partial charge in [-0.05, 0) is 62.6 Å². The van der Waals surface area contributed by atoms with Gasteiger partial charge in [-0.15, -0.1) is 11.3 Å². The molecule has 2 aromatic carbocycles. The third kappa shape index (κ3) is 5.71. The molecule has 0 saturated heterocycles. The van der Waals surface area contributed by atoms with Crippen molar-refractivity contribution in [2.45, 2.75) is 58.0 Å². The number of rotatable bonds is 7. The van der Waals surface area contributed by atoms with Crippen LogP contribution in [-0.2, 0) is 4.79 Å². The number of hydrogen-bond donors (Lipinski definition) is 1. The van der Waals surface area contributed by atoms with E-state index in [2.05, 4.69) is 10.3 Å². The van der Waals surface area contributed by atoms with Crippen LogP contribution in [0.4, 0.5) is 10.1 Å². The smallest absolute Gasteiger partial charge is 0.271 e. The highest BCUT2D eigenvalue weighted by Gasteiger charge is 2.36. The van der Waals surface area contributed by atoms with E-state index in [1.165, 1.54) is 34.4 Å². The van der Waals surface area contributed by atoms with Crippen molar-refractivity contribution in [3.8, 4) is 5.75 Å². The van der Waals surface area contributed by atoms with Crippen molar-refractivity contribution in [3.63, 3.8) is 0 Å². The number of halogens is 2. The molecule has 0 radical (unpaired) electrons. The summed E-state index contributed by atoms with van der Waals surface area (Å²) in [6.45, 7) is 3.58. The van der Waals surface area contributed by atoms with E-state index in [1.807, 2.05) is 6.92 Å². The minimum atomic E-state index is -1.02. The molecule has 1 aromatic heterocycles. The van der Waals surface area contributed by atoms with Gasteiger partial charge in [0.15, 0.2) is 0 Å². The zero-order chi connectivity index (χ0) is 25.8. The van der Waals surface area contributed by atoms with Gasteiger partial charge in [-0.2, -0.15) is 0 Å². The average Bonchev–Trinajstić information content (AvgIpc) is 3.22. The number of nitrogens with one attached hydrogen (secondary N) is 1. The second-order valence-corrected chi connectivity index (χ2v) is 10.6. The Labute approximate surface area is 219 Å². The molecule has 36 heavy (non-hydrogen) atoms. The number of nitrogens with zero attached hydrogens (tertiary/aromatic N) is 2. The molecule has 9 heteroatoms. The zero-order valence-corrected chi connectivity index (χ0v) is 22.1. The first-order valence-corrected chi connectivity index (χ1v) is 13.1. The van der Waals surface area contributed by atoms with Crippen LogP contribution in [0.25, 0.3) is 0 Å². The molecule has 0 aliphatic heterocycles. The predicted octanol–water partition coefficient (Wildman–Crippen LogP) is 6.40. The van der Waals surface area contributed by atoms with Crippen LogP contribution < -0.4 is 15.0 Å². The van der Waals surface area contributed by atoms with Crippen LogP contribution in [0.5, 0.6) is 5.75 Å². The first-order valence-electron chi connectivity index (χ1n) is 12.0. The van der Waals surface area contributed by atoms with Crippen LogP contribution in [0.3, 0.4) is 0 Å². The van der Waals surface area contributed by atoms with Crippen LogP contribution in [-0.4, -0.2) is 29.9 Å². The quantitative estimate of drug-likeness (QED) is 0.384. The number of amides is 2. The first kappa shape index (κ1) is 26.1. The highest BCUT2D eigenvalue weighted by atomic mass is 35.5. The summed E-state index contributed by atoms with van der Waals surface area (Å²) in [5.41, 5.74) is 1.48. The molecular formula is C27H29ClFN3O3S. The summed E-state index contributed by atoms with van der Waals surface area (Å²) in [5, 5.41) is 3.77. The lowest BCUT2D eigenvalue weighted by atomic mass is 9.94. The van der Waals surface area contributed by atoms with Gasteiger partial charge in [0.2, 0.25) is 5.91 Å². The zero-order valence-electron chi connectivity index (χ0n) is 20.5. The van der Waals surface area contributed by atoms with Gasteiger partial charge in [-0.1, -0.05) is 43.0 Å². The Morgan fingerprint density at radius 2 is 1.83 bits per heavy atom. The number of carbonyl (C=O) groups excluding carboxylic acids is 2. The Hall–Kier alpha value is -2.97. The highest BCUT2D eigenvalue weighted by Crippen LogP contribution is 2.35. The van der Waals surface area contributed by atoms with Crippen LogP contribution in [0.2, 0.25) is 5.02 Å². The van der Waals surface area contributed by atoms with Crippen LogP contribution in [0.15, 0.2) is 42.5 Å². The number of benzene rings is 2. The van der Waals surface area contributed by atoms with E-state index in [0.29, 0.717) is 27.6 Å². The number of anilines is 1. The third-order valence-corrected chi connectivity index (χ3v) is 7.74. The predicted molar refractivity (Wildman–Crippen MR) is 141 cm³/mol. The lowest BCUT2D eigenvalue weighted by Gasteiger charge is -2.33. The second kappa shape index (κ2) is 11.4. The third-order valence-electron chi connectivity index (χ3n) is 6.39. The fourth-order valence-electron chi connectivity index (χ4n) is 4.59. The molecule has 6 nitrogen and oxygen atoms in total. The summed E-state index contributed by atoms with van der Waals surface area (Å²) in [5.74, 6) is -0.688. The standard InChI is InChI=1S/C27H29ClFN3O3S/c1-16-25(36-17(2)30-16)27(34)32(20-11-14-23(29)22(28)15-20)24(18-9-12-21(35-3)13-10-18)26(33)31-19-7-5-4-6-8-19/h9-15,19,24H,4-8H2,1-3H3,(H,31,33)/t24-/m0/s1. The van der Waals surface area contributed by atoms with Crippen molar-refractivity contribution in [2.24, 2.45) is 0 Å². The molecular weight excluding hydrogens is 501 g/mol. The molecule has 3 aromatic rings. The van der Waals surface area contributed by atoms with Gasteiger partial charge in [-0.25, -0.2) is 9.37 Å². The summed E-state index contributed by atoms with van der Waals surface area (Å²) in [6, 6.07) is 10.1. The number of ether oxygens (including phenoxy) is 1. The minimum absolute atomic E-state index is 0.0353. The molecule has 1 saturated carbocycles. The normalized spacial score (nSPS) is 14.8. The van der Waals surface area contributed by atoms with Gasteiger partial charge in [0.25, 0.3) is 5.91 Å². The lowest BCUT2D eigenvalue weighted by Crippen LogP contribution is -2.47. The largest absolute Gasteiger partial charge is 0.497 e. The van der Waals surface area contributed by atoms with E-state index in [4.69, 9.17) is 16.3 Å². The van der Waals surface area contributed by atoms with Crippen molar-refractivity contribution < 1.29 is 18.7 Å². The van der Waals surface area contributed by atoms with Crippen LogP contribution >= 0.6 is 22.9 Å². The maximum atomic E-state index is 14.1. The monoisotopic (exact) mass is 529 g/mol. The number of methoxy groups -OCH3 is 1. The van der Waals surface area contributed by atoms with E-state index < -0.39 is 17.8 Å². The minimum Gasteiger partial charge on any atom is -0.497 e. The summed E-state index contributed by atoms with van der Waals surface area (Å²) in [4.78, 5) is 34.2. The second-order valence-electron chi connectivity index (χ2n) is 8.94. The molecule has 190 valence electrons. The number of carbonyl (C=O) groups is 2. The first-order chi connectivity index (χ1) is 17.3. The van der Waals surface area contributed by atoms with Gasteiger partial charge in [-0.3, -0.25) is 14.5 Å². The fourth-order valence-corrected chi connectivity index (χ4v) is 5.62. The number of hydrogen-bond acceptors (Lipinski definition) is 5. The molecule has 1 atom stereocenters. The number of aryl methyl sites for hydroxylation is 2. The fraction of sp³-hybridized carbons (Fsp3) is 0.370. The Balaban J connectivity index is 1.84. The summed E-state index contributed by atoms with van der Waals surface area (Å²) >= 11 is 7.39. The molecule has 0 bridgehead atoms. The number of thiazole rings is 1. The molecule has 1 aliphatic carbocycles. The van der Waals surface area contributed by atoms with Gasteiger partial charge in [0.05, 0.1) is 22.8 Å². The highest BCUT2D eigenvalue weighted by molar-refractivity contribution is 7.13. The maximum absolute atomic E-state index is 14.1. The van der Waals surface area contributed by atoms with Crippen molar-refractivity contribution in [2.75, 3.05) is 12.0 Å². The van der Waals surface area contributed by atoms with Crippen molar-refractivity contribution in [3.05, 3.63) is 74.4 Å². The van der Waals surface area contributed by atoms with Crippen molar-refractivity contribution in [1.29, 1.82) is 0 Å². The molecule has 1 fully saturated rings. The van der Waals surface area contributed by atoms with Crippen molar-refractivity contribution in [1.82, 2.24) is 10.3 Å². The van der Waals surface area contributed by atoms with E-state index in [-0.39, 0.29) is 17.0 Å². The lowest BCUT2D eigenvalue weighted by molar-refractivity contribution is -0.123. The van der Waals surface area contributed by atoms with Gasteiger partial charge >= 0.3 is 0 Å². The molecule has 0 unspecified atom stereocenters. The Bertz CT molecular complexity index is 1240. The Morgan fingerprint density at radius 3 is 2.42 bits per heavy atom. The molecule has 1 heterocycles. The van der Waals surface area contributed by atoms with Crippen LogP contribution in [0.1, 0.15) is 64.1 Å². The molecule has 1 N–H and O–H groups in total. The summed E-state index contributed by atoms with van der Waals surface area (Å²) in [7, 11) is 1.56. The molecule has 1 aliphatic rings. The van der Waals surface area contributed by atoms with Gasteiger partial charge < -0.3 is 10.1 Å². The number of aromatic nitrogens is 1. The Kier molecular flexibility index (Phi) is 8.26. The molecule has 4 rings (SSSR count). The van der Waals surface area contributed by atoms with Gasteiger partial charge in [0.1, 0.15) is 22.5 Å². The van der Waals surface area contributed by atoms with Crippen molar-refractivity contribution >= 4 is 40.4 Å². The molecule has 2 amide bonds. The van der Waals surface area contributed by atoms with E-state index in [9.17, 15) is 14.0 Å².